The fourth-order valence-electron chi connectivity index (χ4n) is 4.54. The Balaban J connectivity index is 1.53. The van der Waals surface area contributed by atoms with Crippen molar-refractivity contribution in [3.63, 3.8) is 0 Å². The van der Waals surface area contributed by atoms with Crippen LogP contribution in [0.15, 0.2) is 48.5 Å². The summed E-state index contributed by atoms with van der Waals surface area (Å²) >= 11 is 0. The largest absolute Gasteiger partial charge is 0.497 e. The number of carbonyl (C=O) groups excluding carboxylic acids is 3. The number of fused-ring (bicyclic) bond motifs is 3. The Kier molecular flexibility index (Phi) is 4.27. The highest BCUT2D eigenvalue weighted by Crippen LogP contribution is 2.49. The predicted molar refractivity (Wildman–Crippen MR) is 108 cm³/mol. The first-order valence-electron chi connectivity index (χ1n) is 10.1. The highest BCUT2D eigenvalue weighted by atomic mass is 16.5. The van der Waals surface area contributed by atoms with E-state index in [0.717, 1.165) is 18.4 Å². The molecule has 7 nitrogen and oxygen atoms in total. The van der Waals surface area contributed by atoms with Crippen molar-refractivity contribution >= 4 is 23.5 Å². The molecule has 3 aliphatic rings. The van der Waals surface area contributed by atoms with Gasteiger partial charge in [-0.1, -0.05) is 24.3 Å². The number of anilines is 1. The lowest BCUT2D eigenvalue weighted by Crippen LogP contribution is -2.69. The fraction of sp³-hybridized carbons (Fsp3) is 0.348. The summed E-state index contributed by atoms with van der Waals surface area (Å²) in [5, 5.41) is 0. The highest BCUT2D eigenvalue weighted by molar-refractivity contribution is 6.15. The molecule has 2 heterocycles. The first-order valence-corrected chi connectivity index (χ1v) is 10.1. The number of hydrogen-bond acceptors (Lipinski definition) is 5. The standard InChI is InChI=1S/C23H22N2O5/c1-29-17-6-4-5-15(13-17)14-30-22(28)23-12-11-20(26)25(23)19-8-3-2-7-18(19)21(27)24(23)16-9-10-16/h2-8,13,16H,9-12,14H2,1H3. The summed E-state index contributed by atoms with van der Waals surface area (Å²) < 4.78 is 10.9. The minimum Gasteiger partial charge on any atom is -0.497 e. The zero-order chi connectivity index (χ0) is 20.9. The number of nitrogens with zero attached hydrogens (tertiary/aromatic N) is 2. The van der Waals surface area contributed by atoms with Crippen molar-refractivity contribution in [1.29, 1.82) is 0 Å². The number of amides is 2. The average Bonchev–Trinajstić information content (AvgIpc) is 3.54. The molecular weight excluding hydrogens is 384 g/mol. The maximum Gasteiger partial charge on any atom is 0.354 e. The molecule has 154 valence electrons. The number of esters is 1. The van der Waals surface area contributed by atoms with E-state index in [4.69, 9.17) is 9.47 Å². The molecule has 2 amide bonds. The molecule has 1 saturated carbocycles. The molecular formula is C23H22N2O5. The molecule has 1 unspecified atom stereocenters. The van der Waals surface area contributed by atoms with Gasteiger partial charge in [0.15, 0.2) is 0 Å². The van der Waals surface area contributed by atoms with Crippen molar-refractivity contribution in [3.05, 3.63) is 59.7 Å². The number of hydrogen-bond donors (Lipinski definition) is 0. The summed E-state index contributed by atoms with van der Waals surface area (Å²) in [6.45, 7) is 0.0359. The molecule has 2 fully saturated rings. The maximum atomic E-state index is 13.5. The minimum atomic E-state index is -1.41. The second-order valence-corrected chi connectivity index (χ2v) is 7.90. The van der Waals surface area contributed by atoms with Gasteiger partial charge in [-0.05, 0) is 42.7 Å². The molecule has 1 saturated heterocycles. The van der Waals surface area contributed by atoms with Crippen LogP contribution in [0.5, 0.6) is 5.75 Å². The summed E-state index contributed by atoms with van der Waals surface area (Å²) in [7, 11) is 1.57. The molecule has 0 N–H and O–H groups in total. The quantitative estimate of drug-likeness (QED) is 0.714. The minimum absolute atomic E-state index is 0.0359. The normalized spacial score (nSPS) is 22.6. The SMILES string of the molecule is COc1cccc(COC(=O)C23CCC(=O)N2c2ccccc2C(=O)N3C2CC2)c1. The number of benzene rings is 2. The van der Waals surface area contributed by atoms with Gasteiger partial charge in [-0.3, -0.25) is 14.5 Å². The van der Waals surface area contributed by atoms with Crippen LogP contribution >= 0.6 is 0 Å². The molecule has 0 spiro atoms. The van der Waals surface area contributed by atoms with Crippen molar-refractivity contribution in [1.82, 2.24) is 4.90 Å². The monoisotopic (exact) mass is 406 g/mol. The van der Waals surface area contributed by atoms with Gasteiger partial charge in [-0.2, -0.15) is 0 Å². The van der Waals surface area contributed by atoms with Crippen molar-refractivity contribution in [2.24, 2.45) is 0 Å². The first kappa shape index (κ1) is 18.7. The maximum absolute atomic E-state index is 13.5. The molecule has 2 aromatic rings. The van der Waals surface area contributed by atoms with Crippen LogP contribution in [-0.2, 0) is 20.9 Å². The summed E-state index contributed by atoms with van der Waals surface area (Å²) in [5.41, 5.74) is 0.300. The third-order valence-corrected chi connectivity index (χ3v) is 6.04. The Labute approximate surface area is 174 Å². The molecule has 7 heteroatoms. The Hall–Kier alpha value is -3.35. The van der Waals surface area contributed by atoms with Crippen molar-refractivity contribution in [2.45, 2.75) is 44.0 Å². The van der Waals surface area contributed by atoms with Crippen molar-refractivity contribution in [3.8, 4) is 5.75 Å². The van der Waals surface area contributed by atoms with Crippen LogP contribution in [0.4, 0.5) is 5.69 Å². The van der Waals surface area contributed by atoms with Gasteiger partial charge >= 0.3 is 5.97 Å². The lowest BCUT2D eigenvalue weighted by Gasteiger charge is -2.48. The van der Waals surface area contributed by atoms with Crippen molar-refractivity contribution in [2.75, 3.05) is 12.0 Å². The van der Waals surface area contributed by atoms with E-state index in [9.17, 15) is 14.4 Å². The molecule has 1 atom stereocenters. The fourth-order valence-corrected chi connectivity index (χ4v) is 4.54. The van der Waals surface area contributed by atoms with Gasteiger partial charge in [0.25, 0.3) is 5.91 Å². The van der Waals surface area contributed by atoms with Crippen LogP contribution < -0.4 is 9.64 Å². The van der Waals surface area contributed by atoms with E-state index in [2.05, 4.69) is 0 Å². The summed E-state index contributed by atoms with van der Waals surface area (Å²) in [5.74, 6) is -0.275. The Morgan fingerprint density at radius 3 is 2.70 bits per heavy atom. The zero-order valence-electron chi connectivity index (χ0n) is 16.7. The topological polar surface area (TPSA) is 76.1 Å². The smallest absolute Gasteiger partial charge is 0.354 e. The summed E-state index contributed by atoms with van der Waals surface area (Å²) in [6.07, 6.45) is 2.07. The number of carbonyl (C=O) groups is 3. The van der Waals surface area contributed by atoms with Gasteiger partial charge in [-0.25, -0.2) is 4.79 Å². The van der Waals surface area contributed by atoms with Crippen molar-refractivity contribution < 1.29 is 23.9 Å². The molecule has 0 bridgehead atoms. The number of ether oxygens (including phenoxy) is 2. The number of rotatable bonds is 5. The molecule has 1 aliphatic carbocycles. The van der Waals surface area contributed by atoms with E-state index in [-0.39, 0.29) is 37.3 Å². The molecule has 0 aromatic heterocycles. The van der Waals surface area contributed by atoms with E-state index in [1.165, 1.54) is 4.90 Å². The van der Waals surface area contributed by atoms with Gasteiger partial charge in [0.1, 0.15) is 12.4 Å². The lowest BCUT2D eigenvalue weighted by atomic mass is 9.96. The van der Waals surface area contributed by atoms with E-state index >= 15 is 0 Å². The Morgan fingerprint density at radius 1 is 1.13 bits per heavy atom. The Morgan fingerprint density at radius 2 is 1.93 bits per heavy atom. The average molecular weight is 406 g/mol. The first-order chi connectivity index (χ1) is 14.6. The van der Waals surface area contributed by atoms with E-state index in [0.29, 0.717) is 17.0 Å². The number of para-hydroxylation sites is 1. The van der Waals surface area contributed by atoms with Crippen LogP contribution in [0.3, 0.4) is 0 Å². The summed E-state index contributed by atoms with van der Waals surface area (Å²) in [6, 6.07) is 14.2. The number of methoxy groups -OCH3 is 1. The second kappa shape index (κ2) is 6.86. The van der Waals surface area contributed by atoms with Gasteiger partial charge in [0.05, 0.1) is 18.4 Å². The molecule has 0 radical (unpaired) electrons. The Bertz CT molecular complexity index is 1050. The summed E-state index contributed by atoms with van der Waals surface area (Å²) in [4.78, 5) is 42.9. The van der Waals surface area contributed by atoms with E-state index in [1.807, 2.05) is 18.2 Å². The van der Waals surface area contributed by atoms with Gasteiger partial charge < -0.3 is 14.4 Å². The van der Waals surface area contributed by atoms with E-state index < -0.39 is 11.6 Å². The lowest BCUT2D eigenvalue weighted by molar-refractivity contribution is -0.159. The van der Waals surface area contributed by atoms with Crippen LogP contribution in [0.1, 0.15) is 41.6 Å². The van der Waals surface area contributed by atoms with Crippen LogP contribution in [0.2, 0.25) is 0 Å². The van der Waals surface area contributed by atoms with Crippen LogP contribution in [0, 0.1) is 0 Å². The molecule has 2 aliphatic heterocycles. The van der Waals surface area contributed by atoms with Gasteiger partial charge in [-0.15, -0.1) is 0 Å². The van der Waals surface area contributed by atoms with Gasteiger partial charge in [0.2, 0.25) is 11.6 Å². The molecule has 30 heavy (non-hydrogen) atoms. The second-order valence-electron chi connectivity index (χ2n) is 7.90. The van der Waals surface area contributed by atoms with Crippen LogP contribution in [-0.4, -0.2) is 41.5 Å². The molecule has 2 aromatic carbocycles. The van der Waals surface area contributed by atoms with Gasteiger partial charge in [0, 0.05) is 18.9 Å². The zero-order valence-corrected chi connectivity index (χ0v) is 16.7. The van der Waals surface area contributed by atoms with E-state index in [1.54, 1.807) is 42.3 Å². The third kappa shape index (κ3) is 2.69. The third-order valence-electron chi connectivity index (χ3n) is 6.04. The predicted octanol–water partition coefficient (Wildman–Crippen LogP) is 2.88. The molecule has 5 rings (SSSR count). The highest BCUT2D eigenvalue weighted by Gasteiger charge is 2.64. The van der Waals surface area contributed by atoms with Crippen LogP contribution in [0.25, 0.3) is 0 Å².